The van der Waals surface area contributed by atoms with Crippen LogP contribution in [0, 0.1) is 10.1 Å². The Kier molecular flexibility index (Phi) is 6.13. The van der Waals surface area contributed by atoms with Crippen LogP contribution in [-0.4, -0.2) is 66.4 Å². The summed E-state index contributed by atoms with van der Waals surface area (Å²) in [5, 5.41) is 17.3. The van der Waals surface area contributed by atoms with E-state index >= 15 is 0 Å². The van der Waals surface area contributed by atoms with Crippen molar-refractivity contribution in [2.24, 2.45) is 0 Å². The smallest absolute Gasteiger partial charge is 0.293 e. The Labute approximate surface area is 164 Å². The zero-order chi connectivity index (χ0) is 20.3. The number of piperazine rings is 1. The van der Waals surface area contributed by atoms with Gasteiger partial charge < -0.3 is 15.5 Å². The predicted octanol–water partition coefficient (Wildman–Crippen LogP) is 1.13. The molecule has 3 rings (SSSR count). The minimum atomic E-state index is -0.439. The van der Waals surface area contributed by atoms with E-state index in [1.807, 2.05) is 23.6 Å². The zero-order valence-electron chi connectivity index (χ0n) is 16.3. The fraction of sp³-hybridized carbons (Fsp3) is 0.579. The normalized spacial score (nSPS) is 17.5. The van der Waals surface area contributed by atoms with E-state index in [4.69, 9.17) is 0 Å². The van der Waals surface area contributed by atoms with Gasteiger partial charge in [0.15, 0.2) is 0 Å². The topological polar surface area (TPSA) is 108 Å². The molecule has 1 aliphatic heterocycles. The average Bonchev–Trinajstić information content (AvgIpc) is 3.45. The van der Waals surface area contributed by atoms with Crippen molar-refractivity contribution >= 4 is 23.2 Å². The van der Waals surface area contributed by atoms with Crippen molar-refractivity contribution < 1.29 is 14.5 Å². The van der Waals surface area contributed by atoms with E-state index in [2.05, 4.69) is 10.6 Å². The first-order valence-electron chi connectivity index (χ1n) is 9.69. The molecule has 1 aliphatic carbocycles. The molecule has 1 aromatic carbocycles. The summed E-state index contributed by atoms with van der Waals surface area (Å²) in [6.07, 6.45) is 1.93. The maximum absolute atomic E-state index is 12.2. The highest BCUT2D eigenvalue weighted by Crippen LogP contribution is 2.30. The van der Waals surface area contributed by atoms with Gasteiger partial charge in [-0.15, -0.1) is 0 Å². The van der Waals surface area contributed by atoms with Crippen LogP contribution in [0.15, 0.2) is 18.2 Å². The summed E-state index contributed by atoms with van der Waals surface area (Å²) in [7, 11) is 0. The summed E-state index contributed by atoms with van der Waals surface area (Å²) in [5.41, 5.74) is 0.764. The van der Waals surface area contributed by atoms with Crippen LogP contribution in [0.3, 0.4) is 0 Å². The van der Waals surface area contributed by atoms with Crippen LogP contribution in [0.2, 0.25) is 0 Å². The lowest BCUT2D eigenvalue weighted by molar-refractivity contribution is -0.384. The molecular weight excluding hydrogens is 362 g/mol. The number of benzene rings is 1. The van der Waals surface area contributed by atoms with Gasteiger partial charge in [-0.3, -0.25) is 24.6 Å². The van der Waals surface area contributed by atoms with Crippen molar-refractivity contribution in [2.45, 2.75) is 38.8 Å². The molecule has 1 aromatic rings. The molecule has 1 heterocycles. The highest BCUT2D eigenvalue weighted by atomic mass is 16.6. The molecule has 9 nitrogen and oxygen atoms in total. The maximum atomic E-state index is 12.2. The number of nitro benzene ring substituents is 1. The molecule has 2 fully saturated rings. The molecule has 0 radical (unpaired) electrons. The lowest BCUT2D eigenvalue weighted by Gasteiger charge is -2.35. The number of nitrogens with one attached hydrogen (secondary N) is 2. The Hall–Kier alpha value is -2.68. The first-order chi connectivity index (χ1) is 13.3. The number of carbonyl (C=O) groups excluding carboxylic acids is 2. The first kappa shape index (κ1) is 20.1. The summed E-state index contributed by atoms with van der Waals surface area (Å²) in [6.45, 7) is 6.63. The van der Waals surface area contributed by atoms with Gasteiger partial charge in [-0.05, 0) is 38.8 Å². The van der Waals surface area contributed by atoms with Gasteiger partial charge >= 0.3 is 0 Å². The first-order valence-corrected chi connectivity index (χ1v) is 9.69. The van der Waals surface area contributed by atoms with Gasteiger partial charge in [0.1, 0.15) is 5.69 Å². The second-order valence-electron chi connectivity index (χ2n) is 7.69. The fourth-order valence-corrected chi connectivity index (χ4v) is 3.29. The number of nitrogens with zero attached hydrogens (tertiary/aromatic N) is 3. The molecule has 0 aromatic heterocycles. The molecule has 0 spiro atoms. The minimum Gasteiger partial charge on any atom is -0.363 e. The molecular formula is C19H27N5O4. The molecule has 2 aliphatic rings. The Bertz CT molecular complexity index is 755. The number of hydrogen-bond donors (Lipinski definition) is 2. The van der Waals surface area contributed by atoms with Gasteiger partial charge in [0.25, 0.3) is 11.6 Å². The number of carbonyl (C=O) groups is 2. The Morgan fingerprint density at radius 2 is 1.89 bits per heavy atom. The molecule has 2 amide bonds. The molecule has 28 heavy (non-hydrogen) atoms. The van der Waals surface area contributed by atoms with Crippen LogP contribution in [0.5, 0.6) is 0 Å². The van der Waals surface area contributed by atoms with Crippen molar-refractivity contribution in [2.75, 3.05) is 37.6 Å². The van der Waals surface area contributed by atoms with Crippen LogP contribution in [-0.2, 0) is 4.79 Å². The van der Waals surface area contributed by atoms with Crippen molar-refractivity contribution in [3.05, 3.63) is 33.9 Å². The van der Waals surface area contributed by atoms with Gasteiger partial charge in [0.2, 0.25) is 5.91 Å². The van der Waals surface area contributed by atoms with E-state index in [1.54, 1.807) is 12.1 Å². The van der Waals surface area contributed by atoms with Gasteiger partial charge in [-0.1, -0.05) is 0 Å². The largest absolute Gasteiger partial charge is 0.363 e. The third kappa shape index (κ3) is 5.19. The zero-order valence-corrected chi connectivity index (χ0v) is 16.3. The lowest BCUT2D eigenvalue weighted by Crippen LogP contribution is -2.50. The molecule has 0 bridgehead atoms. The molecule has 1 saturated carbocycles. The number of hydrogen-bond acceptors (Lipinski definition) is 6. The third-order valence-corrected chi connectivity index (χ3v) is 4.88. The molecule has 0 atom stereocenters. The van der Waals surface area contributed by atoms with Crippen LogP contribution in [0.25, 0.3) is 0 Å². The van der Waals surface area contributed by atoms with E-state index in [0.29, 0.717) is 44.0 Å². The average molecular weight is 389 g/mol. The molecule has 9 heteroatoms. The molecule has 152 valence electrons. The summed E-state index contributed by atoms with van der Waals surface area (Å²) >= 11 is 0. The van der Waals surface area contributed by atoms with E-state index < -0.39 is 4.92 Å². The third-order valence-electron chi connectivity index (χ3n) is 4.88. The number of anilines is 1. The monoisotopic (exact) mass is 389 g/mol. The Morgan fingerprint density at radius 1 is 1.21 bits per heavy atom. The molecule has 1 saturated heterocycles. The Morgan fingerprint density at radius 3 is 2.46 bits per heavy atom. The number of rotatable bonds is 7. The number of nitro groups is 1. The van der Waals surface area contributed by atoms with Crippen LogP contribution < -0.4 is 15.5 Å². The lowest BCUT2D eigenvalue weighted by atomic mass is 10.1. The standard InChI is InChI=1S/C19H27N5O4/c1-13(2)20-18(25)12-22-7-9-23(10-8-22)16-6-3-14(11-17(16)24(27)28)19(26)21-15-4-5-15/h3,6,11,13,15H,4-5,7-10,12H2,1-2H3,(H,20,25)(H,21,26). The van der Waals surface area contributed by atoms with E-state index in [1.165, 1.54) is 6.07 Å². The predicted molar refractivity (Wildman–Crippen MR) is 106 cm³/mol. The second kappa shape index (κ2) is 8.55. The highest BCUT2D eigenvalue weighted by Gasteiger charge is 2.28. The summed E-state index contributed by atoms with van der Waals surface area (Å²) in [4.78, 5) is 39.2. The van der Waals surface area contributed by atoms with Gasteiger partial charge in [0.05, 0.1) is 11.5 Å². The van der Waals surface area contributed by atoms with Gasteiger partial charge in [-0.25, -0.2) is 0 Å². The van der Waals surface area contributed by atoms with Crippen LogP contribution >= 0.6 is 0 Å². The van der Waals surface area contributed by atoms with Crippen molar-refractivity contribution in [1.82, 2.24) is 15.5 Å². The highest BCUT2D eigenvalue weighted by molar-refractivity contribution is 5.96. The summed E-state index contributed by atoms with van der Waals surface area (Å²) in [6, 6.07) is 4.96. The molecule has 2 N–H and O–H groups in total. The second-order valence-corrected chi connectivity index (χ2v) is 7.69. The maximum Gasteiger partial charge on any atom is 0.293 e. The van der Waals surface area contributed by atoms with E-state index in [-0.39, 0.29) is 29.6 Å². The fourth-order valence-electron chi connectivity index (χ4n) is 3.29. The van der Waals surface area contributed by atoms with Crippen LogP contribution in [0.4, 0.5) is 11.4 Å². The van der Waals surface area contributed by atoms with E-state index in [9.17, 15) is 19.7 Å². The number of amides is 2. The Balaban J connectivity index is 1.64. The molecule has 0 unspecified atom stereocenters. The van der Waals surface area contributed by atoms with Crippen molar-refractivity contribution in [3.8, 4) is 0 Å². The SMILES string of the molecule is CC(C)NC(=O)CN1CCN(c2ccc(C(=O)NC3CC3)cc2[N+](=O)[O-])CC1. The van der Waals surface area contributed by atoms with Gasteiger partial charge in [-0.2, -0.15) is 0 Å². The van der Waals surface area contributed by atoms with Gasteiger partial charge in [0, 0.05) is 49.9 Å². The summed E-state index contributed by atoms with van der Waals surface area (Å²) < 4.78 is 0. The van der Waals surface area contributed by atoms with Crippen molar-refractivity contribution in [3.63, 3.8) is 0 Å². The van der Waals surface area contributed by atoms with Crippen molar-refractivity contribution in [1.29, 1.82) is 0 Å². The quantitative estimate of drug-likeness (QED) is 0.535. The van der Waals surface area contributed by atoms with Crippen LogP contribution in [0.1, 0.15) is 37.0 Å². The summed E-state index contributed by atoms with van der Waals surface area (Å²) in [5.74, 6) is -0.279. The minimum absolute atomic E-state index is 0.0135. The van der Waals surface area contributed by atoms with E-state index in [0.717, 1.165) is 12.8 Å².